The van der Waals surface area contributed by atoms with Gasteiger partial charge in [-0.05, 0) is 61.2 Å². The Bertz CT molecular complexity index is 1230. The number of nitrogens with zero attached hydrogens (tertiary/aromatic N) is 1. The van der Waals surface area contributed by atoms with E-state index in [1.165, 1.54) is 24.1 Å². The van der Waals surface area contributed by atoms with Crippen molar-refractivity contribution in [2.45, 2.75) is 51.1 Å². The smallest absolute Gasteiger partial charge is 0.259 e. The van der Waals surface area contributed by atoms with Crippen molar-refractivity contribution in [3.63, 3.8) is 0 Å². The second-order valence-corrected chi connectivity index (χ2v) is 9.37. The van der Waals surface area contributed by atoms with Crippen LogP contribution in [0.5, 0.6) is 17.2 Å². The number of amides is 2. The van der Waals surface area contributed by atoms with Crippen molar-refractivity contribution in [1.82, 2.24) is 5.32 Å². The third kappa shape index (κ3) is 5.88. The average Bonchev–Trinajstić information content (AvgIpc) is 2.92. The van der Waals surface area contributed by atoms with Crippen LogP contribution in [0, 0.1) is 6.92 Å². The summed E-state index contributed by atoms with van der Waals surface area (Å²) in [7, 11) is 3.08. The zero-order valence-corrected chi connectivity index (χ0v) is 21.6. The summed E-state index contributed by atoms with van der Waals surface area (Å²) >= 11 is 0. The summed E-state index contributed by atoms with van der Waals surface area (Å²) in [6.45, 7) is 1.87. The van der Waals surface area contributed by atoms with Crippen LogP contribution < -0.4 is 19.7 Å². The predicted molar refractivity (Wildman–Crippen MR) is 143 cm³/mol. The quantitative estimate of drug-likeness (QED) is 0.421. The lowest BCUT2D eigenvalue weighted by atomic mass is 9.94. The van der Waals surface area contributed by atoms with Gasteiger partial charge in [-0.15, -0.1) is 0 Å². The second-order valence-electron chi connectivity index (χ2n) is 9.37. The molecule has 194 valence electrons. The van der Waals surface area contributed by atoms with E-state index in [0.717, 1.165) is 37.7 Å². The van der Waals surface area contributed by atoms with Crippen molar-refractivity contribution in [3.8, 4) is 17.2 Å². The third-order valence-corrected chi connectivity index (χ3v) is 6.91. The Morgan fingerprint density at radius 3 is 2.24 bits per heavy atom. The minimum absolute atomic E-state index is 0.0571. The maximum Gasteiger partial charge on any atom is 0.259 e. The molecule has 0 radical (unpaired) electrons. The van der Waals surface area contributed by atoms with Crippen molar-refractivity contribution in [1.29, 1.82) is 0 Å². The molecule has 7 nitrogen and oxygen atoms in total. The van der Waals surface area contributed by atoms with Crippen molar-refractivity contribution >= 4 is 17.5 Å². The van der Waals surface area contributed by atoms with E-state index in [0.29, 0.717) is 28.3 Å². The Morgan fingerprint density at radius 1 is 0.919 bits per heavy atom. The molecule has 0 saturated heterocycles. The van der Waals surface area contributed by atoms with Gasteiger partial charge in [0.25, 0.3) is 5.91 Å². The fourth-order valence-electron chi connectivity index (χ4n) is 4.90. The Labute approximate surface area is 218 Å². The van der Waals surface area contributed by atoms with Gasteiger partial charge < -0.3 is 19.9 Å². The molecular weight excluding hydrogens is 468 g/mol. The van der Waals surface area contributed by atoms with Gasteiger partial charge in [0.1, 0.15) is 11.8 Å². The molecule has 37 heavy (non-hydrogen) atoms. The van der Waals surface area contributed by atoms with E-state index in [2.05, 4.69) is 5.32 Å². The normalized spacial score (nSPS) is 14.5. The number of benzene rings is 3. The van der Waals surface area contributed by atoms with E-state index in [1.807, 2.05) is 25.1 Å². The summed E-state index contributed by atoms with van der Waals surface area (Å²) in [6, 6.07) is 18.0. The standard InChI is InChI=1S/C30H34N2O5/c1-20-9-7-8-12-25(20)30(35)32(23-15-18-26(36-2)27(19-23)37-3)28(21-13-16-24(33)17-14-21)29(34)31-22-10-5-4-6-11-22/h7-9,12-19,22,28,33H,4-6,10-11H2,1-3H3,(H,31,34). The van der Waals surface area contributed by atoms with E-state index in [1.54, 1.807) is 43.5 Å². The lowest BCUT2D eigenvalue weighted by Crippen LogP contribution is -2.47. The van der Waals surface area contributed by atoms with E-state index >= 15 is 0 Å². The molecule has 2 N–H and O–H groups in total. The monoisotopic (exact) mass is 502 g/mol. The van der Waals surface area contributed by atoms with E-state index in [-0.39, 0.29) is 23.6 Å². The number of carbonyl (C=O) groups excluding carboxylic acids is 2. The van der Waals surface area contributed by atoms with Crippen molar-refractivity contribution in [2.75, 3.05) is 19.1 Å². The number of hydrogen-bond donors (Lipinski definition) is 2. The van der Waals surface area contributed by atoms with Crippen LogP contribution in [0.1, 0.15) is 59.6 Å². The summed E-state index contributed by atoms with van der Waals surface area (Å²) in [5.41, 5.74) is 2.37. The minimum atomic E-state index is -0.979. The fraction of sp³-hybridized carbons (Fsp3) is 0.333. The molecule has 1 aliphatic rings. The lowest BCUT2D eigenvalue weighted by molar-refractivity contribution is -0.123. The first kappa shape index (κ1) is 26.1. The Morgan fingerprint density at radius 2 is 1.59 bits per heavy atom. The maximum atomic E-state index is 14.2. The Balaban J connectivity index is 1.86. The largest absolute Gasteiger partial charge is 0.508 e. The Hall–Kier alpha value is -4.00. The number of carbonyl (C=O) groups is 2. The Kier molecular flexibility index (Phi) is 8.33. The number of nitrogens with one attached hydrogen (secondary N) is 1. The molecule has 0 aliphatic heterocycles. The molecule has 1 fully saturated rings. The molecule has 4 rings (SSSR count). The third-order valence-electron chi connectivity index (χ3n) is 6.91. The van der Waals surface area contributed by atoms with Gasteiger partial charge in [-0.2, -0.15) is 0 Å². The zero-order valence-electron chi connectivity index (χ0n) is 21.6. The highest BCUT2D eigenvalue weighted by atomic mass is 16.5. The molecule has 3 aromatic rings. The van der Waals surface area contributed by atoms with Gasteiger partial charge in [0.05, 0.1) is 14.2 Å². The second kappa shape index (κ2) is 11.8. The number of aryl methyl sites for hydroxylation is 1. The molecule has 0 aromatic heterocycles. The zero-order chi connectivity index (χ0) is 26.4. The number of aromatic hydroxyl groups is 1. The van der Waals surface area contributed by atoms with Gasteiger partial charge in [0.2, 0.25) is 5.91 Å². The molecular formula is C30H34N2O5. The summed E-state index contributed by atoms with van der Waals surface area (Å²) in [6.07, 6.45) is 5.12. The summed E-state index contributed by atoms with van der Waals surface area (Å²) in [4.78, 5) is 29.7. The first-order valence-corrected chi connectivity index (χ1v) is 12.6. The average molecular weight is 503 g/mol. The van der Waals surface area contributed by atoms with Gasteiger partial charge in [-0.25, -0.2) is 0 Å². The predicted octanol–water partition coefficient (Wildman–Crippen LogP) is 5.55. The van der Waals surface area contributed by atoms with Gasteiger partial charge in [-0.3, -0.25) is 14.5 Å². The molecule has 3 aromatic carbocycles. The van der Waals surface area contributed by atoms with Crippen LogP contribution in [0.25, 0.3) is 0 Å². The van der Waals surface area contributed by atoms with Gasteiger partial charge in [0, 0.05) is 23.4 Å². The highest BCUT2D eigenvalue weighted by Gasteiger charge is 2.35. The maximum absolute atomic E-state index is 14.2. The van der Waals surface area contributed by atoms with Gasteiger partial charge in [0.15, 0.2) is 11.5 Å². The molecule has 0 heterocycles. The van der Waals surface area contributed by atoms with Crippen LogP contribution in [0.3, 0.4) is 0 Å². The molecule has 1 atom stereocenters. The number of rotatable bonds is 8. The number of phenolic OH excluding ortho intramolecular Hbond substituents is 1. The molecule has 2 amide bonds. The SMILES string of the molecule is COc1ccc(N(C(=O)c2ccccc2C)C(C(=O)NC2CCCCC2)c2ccc(O)cc2)cc1OC. The first-order chi connectivity index (χ1) is 17.9. The van der Waals surface area contributed by atoms with Crippen LogP contribution in [0.2, 0.25) is 0 Å². The number of anilines is 1. The van der Waals surface area contributed by atoms with Crippen molar-refractivity contribution < 1.29 is 24.2 Å². The van der Waals surface area contributed by atoms with Crippen LogP contribution in [-0.4, -0.2) is 37.2 Å². The molecule has 1 unspecified atom stereocenters. The highest BCUT2D eigenvalue weighted by Crippen LogP contribution is 2.37. The summed E-state index contributed by atoms with van der Waals surface area (Å²) in [5, 5.41) is 13.1. The number of phenols is 1. The number of ether oxygens (including phenoxy) is 2. The van der Waals surface area contributed by atoms with Gasteiger partial charge >= 0.3 is 0 Å². The van der Waals surface area contributed by atoms with Gasteiger partial charge in [-0.1, -0.05) is 49.6 Å². The topological polar surface area (TPSA) is 88.1 Å². The lowest BCUT2D eigenvalue weighted by Gasteiger charge is -2.34. The van der Waals surface area contributed by atoms with E-state index in [4.69, 9.17) is 9.47 Å². The summed E-state index contributed by atoms with van der Waals surface area (Å²) < 4.78 is 10.9. The van der Waals surface area contributed by atoms with Crippen LogP contribution in [0.15, 0.2) is 66.7 Å². The first-order valence-electron chi connectivity index (χ1n) is 12.6. The van der Waals surface area contributed by atoms with E-state index < -0.39 is 6.04 Å². The summed E-state index contributed by atoms with van der Waals surface area (Å²) in [5.74, 6) is 0.455. The molecule has 7 heteroatoms. The van der Waals surface area contributed by atoms with E-state index in [9.17, 15) is 14.7 Å². The number of methoxy groups -OCH3 is 2. The number of hydrogen-bond acceptors (Lipinski definition) is 5. The van der Waals surface area contributed by atoms with Crippen molar-refractivity contribution in [2.24, 2.45) is 0 Å². The van der Waals surface area contributed by atoms with Crippen LogP contribution in [-0.2, 0) is 4.79 Å². The van der Waals surface area contributed by atoms with Crippen molar-refractivity contribution in [3.05, 3.63) is 83.4 Å². The minimum Gasteiger partial charge on any atom is -0.508 e. The molecule has 1 saturated carbocycles. The van der Waals surface area contributed by atoms with Crippen LogP contribution in [0.4, 0.5) is 5.69 Å². The van der Waals surface area contributed by atoms with Crippen LogP contribution >= 0.6 is 0 Å². The molecule has 0 bridgehead atoms. The highest BCUT2D eigenvalue weighted by molar-refractivity contribution is 6.11. The fourth-order valence-corrected chi connectivity index (χ4v) is 4.90. The molecule has 0 spiro atoms. The molecule has 1 aliphatic carbocycles.